The molecular weight excluding hydrogens is 310 g/mol. The van der Waals surface area contributed by atoms with Crippen LogP contribution in [0.15, 0.2) is 53.1 Å². The molecular formula is C17H15N3O4. The highest BCUT2D eigenvalue weighted by atomic mass is 16.6. The first-order chi connectivity index (χ1) is 11.5. The standard InChI is InChI=1S/C17H15N3O4/c1-11-6-8-15(9-7-11)23-12(2)17-18-16(19-24-17)13-4-3-5-14(10-13)20(21)22/h3-10,12H,1-2H3/t12-/m1/s1. The molecule has 0 bridgehead atoms. The Morgan fingerprint density at radius 1 is 1.21 bits per heavy atom. The van der Waals surface area contributed by atoms with E-state index in [2.05, 4.69) is 10.1 Å². The van der Waals surface area contributed by atoms with Crippen LogP contribution in [0.1, 0.15) is 24.5 Å². The number of rotatable bonds is 5. The molecule has 24 heavy (non-hydrogen) atoms. The van der Waals surface area contributed by atoms with Crippen molar-refractivity contribution >= 4 is 5.69 Å². The average molecular weight is 325 g/mol. The molecule has 7 heteroatoms. The second-order valence-electron chi connectivity index (χ2n) is 5.34. The Labute approximate surface area is 138 Å². The van der Waals surface area contributed by atoms with Gasteiger partial charge >= 0.3 is 0 Å². The molecule has 3 rings (SSSR count). The zero-order valence-corrected chi connectivity index (χ0v) is 13.2. The number of hydrogen-bond acceptors (Lipinski definition) is 6. The third kappa shape index (κ3) is 3.40. The van der Waals surface area contributed by atoms with Gasteiger partial charge in [-0.2, -0.15) is 4.98 Å². The first-order valence-corrected chi connectivity index (χ1v) is 7.34. The van der Waals surface area contributed by atoms with Crippen molar-refractivity contribution in [3.8, 4) is 17.1 Å². The minimum atomic E-state index is -0.465. The number of aromatic nitrogens is 2. The predicted molar refractivity (Wildman–Crippen MR) is 86.6 cm³/mol. The maximum atomic E-state index is 10.8. The van der Waals surface area contributed by atoms with Crippen molar-refractivity contribution in [3.05, 3.63) is 70.1 Å². The molecule has 1 heterocycles. The molecule has 0 aliphatic heterocycles. The molecule has 3 aromatic rings. The van der Waals surface area contributed by atoms with Crippen molar-refractivity contribution in [2.24, 2.45) is 0 Å². The van der Waals surface area contributed by atoms with E-state index >= 15 is 0 Å². The van der Waals surface area contributed by atoms with Crippen molar-refractivity contribution in [3.63, 3.8) is 0 Å². The molecule has 0 radical (unpaired) electrons. The van der Waals surface area contributed by atoms with Crippen molar-refractivity contribution in [2.75, 3.05) is 0 Å². The number of nitrogens with zero attached hydrogens (tertiary/aromatic N) is 3. The Morgan fingerprint density at radius 3 is 2.67 bits per heavy atom. The number of nitro groups is 1. The molecule has 0 unspecified atom stereocenters. The fourth-order valence-corrected chi connectivity index (χ4v) is 2.15. The summed E-state index contributed by atoms with van der Waals surface area (Å²) >= 11 is 0. The summed E-state index contributed by atoms with van der Waals surface area (Å²) in [5, 5.41) is 14.7. The fraction of sp³-hybridized carbons (Fsp3) is 0.176. The molecule has 122 valence electrons. The first-order valence-electron chi connectivity index (χ1n) is 7.34. The van der Waals surface area contributed by atoms with Gasteiger partial charge in [-0.25, -0.2) is 0 Å². The van der Waals surface area contributed by atoms with Gasteiger partial charge in [0.05, 0.1) is 4.92 Å². The number of hydrogen-bond donors (Lipinski definition) is 0. The monoisotopic (exact) mass is 325 g/mol. The van der Waals surface area contributed by atoms with E-state index in [1.54, 1.807) is 19.1 Å². The molecule has 0 saturated heterocycles. The molecule has 1 atom stereocenters. The number of benzene rings is 2. The van der Waals surface area contributed by atoms with Gasteiger partial charge in [0, 0.05) is 17.7 Å². The van der Waals surface area contributed by atoms with Crippen molar-refractivity contribution in [2.45, 2.75) is 20.0 Å². The predicted octanol–water partition coefficient (Wildman–Crippen LogP) is 4.09. The number of nitro benzene ring substituents is 1. The highest BCUT2D eigenvalue weighted by Crippen LogP contribution is 2.25. The zero-order chi connectivity index (χ0) is 17.1. The third-order valence-corrected chi connectivity index (χ3v) is 3.44. The van der Waals surface area contributed by atoms with Crippen LogP contribution in [0.25, 0.3) is 11.4 Å². The lowest BCUT2D eigenvalue weighted by molar-refractivity contribution is -0.384. The third-order valence-electron chi connectivity index (χ3n) is 3.44. The average Bonchev–Trinajstić information content (AvgIpc) is 3.07. The van der Waals surface area contributed by atoms with Crippen LogP contribution in [0.5, 0.6) is 5.75 Å². The lowest BCUT2D eigenvalue weighted by Gasteiger charge is -2.10. The summed E-state index contributed by atoms with van der Waals surface area (Å²) in [5.74, 6) is 1.29. The van der Waals surface area contributed by atoms with E-state index in [-0.39, 0.29) is 11.5 Å². The van der Waals surface area contributed by atoms with Crippen LogP contribution < -0.4 is 4.74 Å². The van der Waals surface area contributed by atoms with Gasteiger partial charge in [-0.3, -0.25) is 10.1 Å². The molecule has 0 spiro atoms. The molecule has 0 saturated carbocycles. The molecule has 0 aliphatic carbocycles. The van der Waals surface area contributed by atoms with Crippen LogP contribution >= 0.6 is 0 Å². The number of ether oxygens (including phenoxy) is 1. The normalized spacial score (nSPS) is 11.9. The molecule has 7 nitrogen and oxygen atoms in total. The van der Waals surface area contributed by atoms with Gasteiger partial charge in [0.2, 0.25) is 5.82 Å². The Hall–Kier alpha value is -3.22. The molecule has 0 N–H and O–H groups in total. The van der Waals surface area contributed by atoms with Gasteiger partial charge in [-0.1, -0.05) is 35.0 Å². The maximum Gasteiger partial charge on any atom is 0.270 e. The summed E-state index contributed by atoms with van der Waals surface area (Å²) in [6.07, 6.45) is -0.437. The lowest BCUT2D eigenvalue weighted by Crippen LogP contribution is -2.03. The minimum Gasteiger partial charge on any atom is -0.481 e. The smallest absolute Gasteiger partial charge is 0.270 e. The Bertz CT molecular complexity index is 858. The SMILES string of the molecule is Cc1ccc(O[C@H](C)c2nc(-c3cccc([N+](=O)[O-])c3)no2)cc1. The Kier molecular flexibility index (Phi) is 4.24. The van der Waals surface area contributed by atoms with Gasteiger partial charge in [-0.15, -0.1) is 0 Å². The van der Waals surface area contributed by atoms with Crippen LogP contribution in [0.4, 0.5) is 5.69 Å². The van der Waals surface area contributed by atoms with Crippen molar-refractivity contribution in [1.29, 1.82) is 0 Å². The van der Waals surface area contributed by atoms with E-state index < -0.39 is 11.0 Å². The van der Waals surface area contributed by atoms with Crippen molar-refractivity contribution < 1.29 is 14.2 Å². The molecule has 0 amide bonds. The Balaban J connectivity index is 1.78. The number of aryl methyl sites for hydroxylation is 1. The van der Waals surface area contributed by atoms with Gasteiger partial charge in [0.25, 0.3) is 11.6 Å². The highest BCUT2D eigenvalue weighted by Gasteiger charge is 2.18. The van der Waals surface area contributed by atoms with Crippen LogP contribution in [-0.2, 0) is 0 Å². The van der Waals surface area contributed by atoms with E-state index in [0.717, 1.165) is 5.56 Å². The van der Waals surface area contributed by atoms with E-state index in [1.165, 1.54) is 12.1 Å². The van der Waals surface area contributed by atoms with Crippen molar-refractivity contribution in [1.82, 2.24) is 10.1 Å². The summed E-state index contributed by atoms with van der Waals surface area (Å²) in [6.45, 7) is 3.79. The van der Waals surface area contributed by atoms with Gasteiger partial charge in [0.15, 0.2) is 6.10 Å². The van der Waals surface area contributed by atoms with Crippen LogP contribution in [0.2, 0.25) is 0 Å². The second kappa shape index (κ2) is 6.49. The minimum absolute atomic E-state index is 0.0252. The molecule has 1 aromatic heterocycles. The van der Waals surface area contributed by atoms with E-state index in [1.807, 2.05) is 31.2 Å². The van der Waals surface area contributed by atoms with Gasteiger partial charge in [0.1, 0.15) is 5.75 Å². The largest absolute Gasteiger partial charge is 0.481 e. The van der Waals surface area contributed by atoms with E-state index in [4.69, 9.17) is 9.26 Å². The topological polar surface area (TPSA) is 91.3 Å². The zero-order valence-electron chi connectivity index (χ0n) is 13.2. The second-order valence-corrected chi connectivity index (χ2v) is 5.34. The van der Waals surface area contributed by atoms with Crippen LogP contribution in [-0.4, -0.2) is 15.1 Å². The van der Waals surface area contributed by atoms with Crippen LogP contribution in [0.3, 0.4) is 0 Å². The summed E-state index contributed by atoms with van der Waals surface area (Å²) in [7, 11) is 0. The molecule has 2 aromatic carbocycles. The van der Waals surface area contributed by atoms with E-state index in [0.29, 0.717) is 17.2 Å². The van der Waals surface area contributed by atoms with Crippen LogP contribution in [0, 0.1) is 17.0 Å². The molecule has 0 aliphatic rings. The maximum absolute atomic E-state index is 10.8. The lowest BCUT2D eigenvalue weighted by atomic mass is 10.2. The van der Waals surface area contributed by atoms with E-state index in [9.17, 15) is 10.1 Å². The quantitative estimate of drug-likeness (QED) is 0.518. The summed E-state index contributed by atoms with van der Waals surface area (Å²) in [4.78, 5) is 14.7. The first kappa shape index (κ1) is 15.7. The Morgan fingerprint density at radius 2 is 1.96 bits per heavy atom. The molecule has 0 fully saturated rings. The van der Waals surface area contributed by atoms with Gasteiger partial charge < -0.3 is 9.26 Å². The highest BCUT2D eigenvalue weighted by molar-refractivity contribution is 5.58. The number of non-ortho nitro benzene ring substituents is 1. The fourth-order valence-electron chi connectivity index (χ4n) is 2.15. The summed E-state index contributed by atoms with van der Waals surface area (Å²) < 4.78 is 11.0. The van der Waals surface area contributed by atoms with Gasteiger partial charge in [-0.05, 0) is 26.0 Å². The summed E-state index contributed by atoms with van der Waals surface area (Å²) in [6, 6.07) is 13.7. The summed E-state index contributed by atoms with van der Waals surface area (Å²) in [5.41, 5.74) is 1.63.